The zero-order valence-corrected chi connectivity index (χ0v) is 10.8. The minimum Gasteiger partial charge on any atom is -0.481 e. The lowest BCUT2D eigenvalue weighted by atomic mass is 10.1. The van der Waals surface area contributed by atoms with Crippen LogP contribution in [-0.4, -0.2) is 45.1 Å². The maximum atomic E-state index is 10.2. The third-order valence-electron chi connectivity index (χ3n) is 1.85. The number of carboxylic acid groups (broad SMARTS) is 3. The first-order valence-corrected chi connectivity index (χ1v) is 5.54. The van der Waals surface area contributed by atoms with Gasteiger partial charge in [0.2, 0.25) is 5.78 Å². The highest BCUT2D eigenvalue weighted by Crippen LogP contribution is 2.01. The second-order valence-electron chi connectivity index (χ2n) is 4.20. The molecule has 0 aliphatic heterocycles. The number of hydrogen-bond acceptors (Lipinski definition) is 5. The Bertz CT molecular complexity index is 338. The number of ketones is 1. The molecule has 0 heterocycles. The number of carbonyl (C=O) groups excluding carboxylic acids is 1. The number of hydrogen-bond donors (Lipinski definition) is 4. The second kappa shape index (κ2) is 10.0. The summed E-state index contributed by atoms with van der Waals surface area (Å²) in [6.45, 7) is 3.89. The highest BCUT2D eigenvalue weighted by molar-refractivity contribution is 6.32. The quantitative estimate of drug-likeness (QED) is 0.472. The predicted molar refractivity (Wildman–Crippen MR) is 64.6 cm³/mol. The third kappa shape index (κ3) is 14.0. The average molecular weight is 277 g/mol. The minimum absolute atomic E-state index is 0.357. The topological polar surface area (TPSA) is 155 Å². The Hall–Kier alpha value is -1.96. The zero-order chi connectivity index (χ0) is 15.6. The van der Waals surface area contributed by atoms with Crippen molar-refractivity contribution in [3.05, 3.63) is 0 Å². The lowest BCUT2D eigenvalue weighted by molar-refractivity contribution is -0.149. The molecule has 0 saturated carbocycles. The molecule has 19 heavy (non-hydrogen) atoms. The minimum atomic E-state index is -1.58. The number of Topliss-reactive ketones (excluding diaryl/α,β-unsaturated/α-hetero) is 1. The van der Waals surface area contributed by atoms with Crippen LogP contribution in [0.5, 0.6) is 0 Å². The van der Waals surface area contributed by atoms with Gasteiger partial charge in [0.1, 0.15) is 6.04 Å². The summed E-state index contributed by atoms with van der Waals surface area (Å²) in [5.41, 5.74) is 5.22. The van der Waals surface area contributed by atoms with Gasteiger partial charge in [0.15, 0.2) is 0 Å². The molecule has 0 aromatic heterocycles. The second-order valence-corrected chi connectivity index (χ2v) is 4.20. The highest BCUT2D eigenvalue weighted by atomic mass is 16.4. The molecule has 0 aliphatic rings. The van der Waals surface area contributed by atoms with E-state index in [1.165, 1.54) is 0 Å². The van der Waals surface area contributed by atoms with Crippen LogP contribution in [0.4, 0.5) is 0 Å². The van der Waals surface area contributed by atoms with Gasteiger partial charge in [-0.3, -0.25) is 14.4 Å². The SMILES string of the molecule is CC(C)CC(N)C(=O)O.O=C(O)CCC(=O)C(=O)O. The summed E-state index contributed by atoms with van der Waals surface area (Å²) in [6.07, 6.45) is -0.314. The fourth-order valence-corrected chi connectivity index (χ4v) is 0.936. The van der Waals surface area contributed by atoms with Gasteiger partial charge in [-0.2, -0.15) is 0 Å². The Morgan fingerprint density at radius 1 is 1.00 bits per heavy atom. The highest BCUT2D eigenvalue weighted by Gasteiger charge is 2.12. The first-order chi connectivity index (χ1) is 8.57. The summed E-state index contributed by atoms with van der Waals surface area (Å²) in [4.78, 5) is 39.8. The normalized spacial score (nSPS) is 11.2. The van der Waals surface area contributed by atoms with Crippen molar-refractivity contribution >= 4 is 23.7 Å². The molecule has 0 aromatic carbocycles. The fourth-order valence-electron chi connectivity index (χ4n) is 0.936. The molecule has 1 atom stereocenters. The molecule has 110 valence electrons. The van der Waals surface area contributed by atoms with Crippen molar-refractivity contribution in [1.82, 2.24) is 0 Å². The summed E-state index contributed by atoms with van der Waals surface area (Å²) in [5.74, 6) is -4.38. The summed E-state index contributed by atoms with van der Waals surface area (Å²) < 4.78 is 0. The van der Waals surface area contributed by atoms with Crippen molar-refractivity contribution in [3.63, 3.8) is 0 Å². The van der Waals surface area contributed by atoms with Crippen LogP contribution in [0.2, 0.25) is 0 Å². The van der Waals surface area contributed by atoms with E-state index in [9.17, 15) is 19.2 Å². The molecule has 8 nitrogen and oxygen atoms in total. The van der Waals surface area contributed by atoms with E-state index in [4.69, 9.17) is 21.1 Å². The zero-order valence-electron chi connectivity index (χ0n) is 10.8. The molecule has 0 aliphatic carbocycles. The first kappa shape index (κ1) is 19.4. The summed E-state index contributed by atoms with van der Waals surface area (Å²) >= 11 is 0. The molecule has 0 aromatic rings. The van der Waals surface area contributed by atoms with E-state index < -0.39 is 42.6 Å². The molecule has 0 spiro atoms. The van der Waals surface area contributed by atoms with Crippen molar-refractivity contribution in [1.29, 1.82) is 0 Å². The monoisotopic (exact) mass is 277 g/mol. The van der Waals surface area contributed by atoms with Gasteiger partial charge in [-0.25, -0.2) is 4.79 Å². The molecule has 0 saturated heterocycles. The molecule has 0 radical (unpaired) electrons. The van der Waals surface area contributed by atoms with Crippen LogP contribution < -0.4 is 5.73 Å². The maximum Gasteiger partial charge on any atom is 0.372 e. The van der Waals surface area contributed by atoms with Gasteiger partial charge in [-0.15, -0.1) is 0 Å². The standard InChI is InChI=1S/C6H13NO2.C5H6O5/c1-4(2)3-5(7)6(8)9;6-3(5(9)10)1-2-4(7)8/h4-5H,3,7H2,1-2H3,(H,8,9);1-2H2,(H,7,8)(H,9,10). The van der Waals surface area contributed by atoms with Gasteiger partial charge in [-0.1, -0.05) is 13.8 Å². The Morgan fingerprint density at radius 3 is 1.68 bits per heavy atom. The Kier molecular flexibility index (Phi) is 10.2. The van der Waals surface area contributed by atoms with E-state index in [-0.39, 0.29) is 0 Å². The van der Waals surface area contributed by atoms with E-state index in [0.29, 0.717) is 12.3 Å². The van der Waals surface area contributed by atoms with Gasteiger partial charge in [0.05, 0.1) is 6.42 Å². The molecular weight excluding hydrogens is 258 g/mol. The molecule has 0 rings (SSSR count). The van der Waals surface area contributed by atoms with Crippen LogP contribution in [-0.2, 0) is 19.2 Å². The van der Waals surface area contributed by atoms with Gasteiger partial charge < -0.3 is 21.1 Å². The predicted octanol–water partition coefficient (Wildman–Crippen LogP) is -0.0507. The van der Waals surface area contributed by atoms with Crippen molar-refractivity contribution < 1.29 is 34.5 Å². The van der Waals surface area contributed by atoms with Crippen molar-refractivity contribution in [2.24, 2.45) is 11.7 Å². The number of rotatable bonds is 7. The number of aliphatic carboxylic acids is 3. The smallest absolute Gasteiger partial charge is 0.372 e. The fraction of sp³-hybridized carbons (Fsp3) is 0.636. The van der Waals surface area contributed by atoms with Crippen LogP contribution in [0.1, 0.15) is 33.1 Å². The van der Waals surface area contributed by atoms with Crippen molar-refractivity contribution in [2.75, 3.05) is 0 Å². The molecule has 1 unspecified atom stereocenters. The van der Waals surface area contributed by atoms with Gasteiger partial charge in [-0.05, 0) is 12.3 Å². The van der Waals surface area contributed by atoms with E-state index in [0.717, 1.165) is 0 Å². The van der Waals surface area contributed by atoms with Crippen LogP contribution in [0.3, 0.4) is 0 Å². The Balaban J connectivity index is 0. The van der Waals surface area contributed by atoms with Crippen LogP contribution in [0.15, 0.2) is 0 Å². The van der Waals surface area contributed by atoms with Crippen LogP contribution >= 0.6 is 0 Å². The molecule has 0 fully saturated rings. The van der Waals surface area contributed by atoms with E-state index >= 15 is 0 Å². The molecule has 5 N–H and O–H groups in total. The Labute approximate surface area is 110 Å². The van der Waals surface area contributed by atoms with E-state index in [1.54, 1.807) is 0 Å². The average Bonchev–Trinajstić information content (AvgIpc) is 2.25. The first-order valence-electron chi connectivity index (χ1n) is 5.54. The lowest BCUT2D eigenvalue weighted by Gasteiger charge is -2.07. The van der Waals surface area contributed by atoms with Gasteiger partial charge >= 0.3 is 17.9 Å². The molecule has 0 amide bonds. The number of carboxylic acids is 3. The Morgan fingerprint density at radius 2 is 1.47 bits per heavy atom. The largest absolute Gasteiger partial charge is 0.481 e. The summed E-state index contributed by atoms with van der Waals surface area (Å²) in [6, 6.07) is -0.690. The number of nitrogens with two attached hydrogens (primary N) is 1. The molecule has 8 heteroatoms. The summed E-state index contributed by atoms with van der Waals surface area (Å²) in [7, 11) is 0. The maximum absolute atomic E-state index is 10.2. The third-order valence-corrected chi connectivity index (χ3v) is 1.85. The number of carbonyl (C=O) groups is 4. The van der Waals surface area contributed by atoms with Crippen molar-refractivity contribution in [3.8, 4) is 0 Å². The van der Waals surface area contributed by atoms with Crippen LogP contribution in [0, 0.1) is 5.92 Å². The van der Waals surface area contributed by atoms with Gasteiger partial charge in [0, 0.05) is 6.42 Å². The summed E-state index contributed by atoms with van der Waals surface area (Å²) in [5, 5.41) is 24.3. The lowest BCUT2D eigenvalue weighted by Crippen LogP contribution is -2.31. The van der Waals surface area contributed by atoms with Crippen molar-refractivity contribution in [2.45, 2.75) is 39.2 Å². The molecular formula is C11H19NO7. The van der Waals surface area contributed by atoms with E-state index in [1.807, 2.05) is 13.8 Å². The van der Waals surface area contributed by atoms with Crippen LogP contribution in [0.25, 0.3) is 0 Å². The van der Waals surface area contributed by atoms with E-state index in [2.05, 4.69) is 0 Å². The molecule has 0 bridgehead atoms. The van der Waals surface area contributed by atoms with Gasteiger partial charge in [0.25, 0.3) is 0 Å².